The van der Waals surface area contributed by atoms with Gasteiger partial charge >= 0.3 is 5.97 Å². The maximum absolute atomic E-state index is 11.9. The average Bonchev–Trinajstić information content (AvgIpc) is 2.80. The first-order valence-corrected chi connectivity index (χ1v) is 18.6. The molecule has 0 saturated heterocycles. The Morgan fingerprint density at radius 1 is 0.559 bits per heavy atom. The maximum atomic E-state index is 11.9. The van der Waals surface area contributed by atoms with Crippen molar-refractivity contribution in [2.24, 2.45) is 0 Å². The van der Waals surface area contributed by atoms with Crippen molar-refractivity contribution in [3.63, 3.8) is 0 Å². The van der Waals surface area contributed by atoms with Crippen LogP contribution in [0.4, 0.5) is 0 Å². The number of methoxy groups -OCH3 is 1. The van der Waals surface area contributed by atoms with E-state index in [4.69, 9.17) is 9.16 Å². The summed E-state index contributed by atoms with van der Waals surface area (Å²) in [5, 5.41) is 0. The fraction of sp³-hybridized carbons (Fsp3) is 0.967. The second kappa shape index (κ2) is 24.3. The van der Waals surface area contributed by atoms with Crippen LogP contribution in [0.25, 0.3) is 0 Å². The van der Waals surface area contributed by atoms with Crippen LogP contribution in [0.3, 0.4) is 0 Å². The number of rotatable bonds is 26. The average molecular weight is 499 g/mol. The fourth-order valence-electron chi connectivity index (χ4n) is 4.72. The molecule has 204 valence electrons. The SMILES string of the molecule is CCCCCCCCCCCCCCCCCCCCCCCCC(O[Si](C)(C)C)C(=O)OC. The Balaban J connectivity index is 3.31. The van der Waals surface area contributed by atoms with Gasteiger partial charge in [-0.3, -0.25) is 0 Å². The predicted molar refractivity (Wildman–Crippen MR) is 152 cm³/mol. The third kappa shape index (κ3) is 24.8. The zero-order chi connectivity index (χ0) is 25.3. The number of carbonyl (C=O) groups excluding carboxylic acids is 1. The molecule has 4 heteroatoms. The molecule has 0 bridgehead atoms. The van der Waals surface area contributed by atoms with Gasteiger partial charge in [-0.15, -0.1) is 0 Å². The lowest BCUT2D eigenvalue weighted by molar-refractivity contribution is -0.149. The highest BCUT2D eigenvalue weighted by molar-refractivity contribution is 6.69. The predicted octanol–water partition coefficient (Wildman–Crippen LogP) is 10.4. The van der Waals surface area contributed by atoms with Gasteiger partial charge in [-0.1, -0.05) is 148 Å². The first kappa shape index (κ1) is 33.6. The lowest BCUT2D eigenvalue weighted by atomic mass is 10.0. The maximum Gasteiger partial charge on any atom is 0.333 e. The van der Waals surface area contributed by atoms with E-state index in [1.807, 2.05) is 0 Å². The van der Waals surface area contributed by atoms with Crippen LogP contribution < -0.4 is 0 Å². The lowest BCUT2D eigenvalue weighted by Gasteiger charge is -2.24. The number of carbonyl (C=O) groups is 1. The van der Waals surface area contributed by atoms with Gasteiger partial charge in [-0.2, -0.15) is 0 Å². The van der Waals surface area contributed by atoms with Crippen molar-refractivity contribution in [1.82, 2.24) is 0 Å². The van der Waals surface area contributed by atoms with Crippen molar-refractivity contribution in [3.8, 4) is 0 Å². The van der Waals surface area contributed by atoms with Gasteiger partial charge in [0.15, 0.2) is 8.32 Å². The summed E-state index contributed by atoms with van der Waals surface area (Å²) >= 11 is 0. The standard InChI is InChI=1S/C30H62O3Si/c1-6-7-8-9-10-11-12-13-14-15-16-17-18-19-20-21-22-23-24-25-26-27-28-29(30(31)32-2)33-34(3,4)5/h29H,6-28H2,1-5H3. The van der Waals surface area contributed by atoms with Crippen molar-refractivity contribution in [1.29, 1.82) is 0 Å². The summed E-state index contributed by atoms with van der Waals surface area (Å²) in [6, 6.07) is 0. The molecule has 0 radical (unpaired) electrons. The molecule has 1 atom stereocenters. The molecule has 3 nitrogen and oxygen atoms in total. The van der Waals surface area contributed by atoms with Gasteiger partial charge in [0.25, 0.3) is 0 Å². The van der Waals surface area contributed by atoms with Crippen molar-refractivity contribution in [2.45, 2.75) is 180 Å². The van der Waals surface area contributed by atoms with Crippen LogP contribution >= 0.6 is 0 Å². The zero-order valence-corrected chi connectivity index (χ0v) is 25.1. The summed E-state index contributed by atoms with van der Waals surface area (Å²) in [4.78, 5) is 11.9. The highest BCUT2D eigenvalue weighted by Crippen LogP contribution is 2.17. The molecule has 0 fully saturated rings. The fourth-order valence-corrected chi connectivity index (χ4v) is 5.79. The summed E-state index contributed by atoms with van der Waals surface area (Å²) in [5.41, 5.74) is 0. The smallest absolute Gasteiger partial charge is 0.333 e. The van der Waals surface area contributed by atoms with E-state index in [9.17, 15) is 4.79 Å². The van der Waals surface area contributed by atoms with E-state index < -0.39 is 8.32 Å². The third-order valence-electron chi connectivity index (χ3n) is 6.78. The number of esters is 1. The van der Waals surface area contributed by atoms with Gasteiger partial charge in [0, 0.05) is 0 Å². The second-order valence-corrected chi connectivity index (χ2v) is 15.9. The van der Waals surface area contributed by atoms with Crippen LogP contribution in [0, 0.1) is 0 Å². The molecule has 34 heavy (non-hydrogen) atoms. The molecule has 0 rings (SSSR count). The van der Waals surface area contributed by atoms with Crippen molar-refractivity contribution in [3.05, 3.63) is 0 Å². The van der Waals surface area contributed by atoms with Gasteiger partial charge in [0.2, 0.25) is 0 Å². The van der Waals surface area contributed by atoms with Gasteiger partial charge in [-0.25, -0.2) is 4.79 Å². The van der Waals surface area contributed by atoms with Crippen molar-refractivity contribution >= 4 is 14.3 Å². The van der Waals surface area contributed by atoms with Crippen LogP contribution in [0.1, 0.15) is 155 Å². The molecule has 0 saturated carbocycles. The number of hydrogen-bond donors (Lipinski definition) is 0. The van der Waals surface area contributed by atoms with E-state index >= 15 is 0 Å². The van der Waals surface area contributed by atoms with Gasteiger partial charge in [0.05, 0.1) is 7.11 Å². The lowest BCUT2D eigenvalue weighted by Crippen LogP contribution is -2.37. The Morgan fingerprint density at radius 3 is 1.12 bits per heavy atom. The molecular formula is C30H62O3Si. The van der Waals surface area contributed by atoms with E-state index in [0.29, 0.717) is 0 Å². The van der Waals surface area contributed by atoms with E-state index in [-0.39, 0.29) is 12.1 Å². The van der Waals surface area contributed by atoms with E-state index in [1.54, 1.807) is 0 Å². The number of hydrogen-bond acceptors (Lipinski definition) is 3. The summed E-state index contributed by atoms with van der Waals surface area (Å²) in [7, 11) is -0.259. The van der Waals surface area contributed by atoms with Crippen LogP contribution in [-0.2, 0) is 14.0 Å². The molecule has 0 spiro atoms. The summed E-state index contributed by atoms with van der Waals surface area (Å²) in [6.45, 7) is 8.67. The van der Waals surface area contributed by atoms with Crippen LogP contribution in [-0.4, -0.2) is 27.5 Å². The molecule has 1 unspecified atom stereocenters. The van der Waals surface area contributed by atoms with Gasteiger partial charge < -0.3 is 9.16 Å². The summed E-state index contributed by atoms with van der Waals surface area (Å²) in [5.74, 6) is -0.203. The molecule has 0 aliphatic heterocycles. The molecule has 0 heterocycles. The largest absolute Gasteiger partial charge is 0.467 e. The highest BCUT2D eigenvalue weighted by Gasteiger charge is 2.26. The minimum atomic E-state index is -1.72. The Bertz CT molecular complexity index is 433. The van der Waals surface area contributed by atoms with Crippen molar-refractivity contribution < 1.29 is 14.0 Å². The zero-order valence-electron chi connectivity index (χ0n) is 24.1. The molecular weight excluding hydrogens is 436 g/mol. The first-order chi connectivity index (χ1) is 16.4. The normalized spacial score (nSPS) is 12.7. The van der Waals surface area contributed by atoms with Gasteiger partial charge in [0.1, 0.15) is 6.10 Å². The first-order valence-electron chi connectivity index (χ1n) is 15.2. The Morgan fingerprint density at radius 2 is 0.853 bits per heavy atom. The number of unbranched alkanes of at least 4 members (excludes halogenated alkanes) is 21. The minimum absolute atomic E-state index is 0.203. The Labute approximate surface area is 215 Å². The van der Waals surface area contributed by atoms with Crippen LogP contribution in [0.2, 0.25) is 19.6 Å². The van der Waals surface area contributed by atoms with Crippen molar-refractivity contribution in [2.75, 3.05) is 7.11 Å². The second-order valence-electron chi connectivity index (χ2n) is 11.5. The monoisotopic (exact) mass is 498 g/mol. The molecule has 0 aromatic rings. The van der Waals surface area contributed by atoms with E-state index in [0.717, 1.165) is 12.8 Å². The van der Waals surface area contributed by atoms with Gasteiger partial charge in [-0.05, 0) is 26.1 Å². The molecule has 0 aliphatic rings. The quantitative estimate of drug-likeness (QED) is 0.0675. The topological polar surface area (TPSA) is 35.5 Å². The van der Waals surface area contributed by atoms with Crippen LogP contribution in [0.5, 0.6) is 0 Å². The third-order valence-corrected chi connectivity index (χ3v) is 7.77. The summed E-state index contributed by atoms with van der Waals surface area (Å²) < 4.78 is 10.9. The molecule has 0 aliphatic carbocycles. The minimum Gasteiger partial charge on any atom is -0.467 e. The molecule has 0 aromatic carbocycles. The number of ether oxygens (including phenoxy) is 1. The highest BCUT2D eigenvalue weighted by atomic mass is 28.4. The Hall–Kier alpha value is -0.353. The summed E-state index contributed by atoms with van der Waals surface area (Å²) in [6.07, 6.45) is 31.2. The van der Waals surface area contributed by atoms with E-state index in [2.05, 4.69) is 26.6 Å². The molecule has 0 aromatic heterocycles. The molecule has 0 amide bonds. The van der Waals surface area contributed by atoms with Crippen LogP contribution in [0.15, 0.2) is 0 Å². The van der Waals surface area contributed by atoms with E-state index in [1.165, 1.54) is 142 Å². The molecule has 0 N–H and O–H groups in total. The Kier molecular flexibility index (Phi) is 24.1.